The van der Waals surface area contributed by atoms with Crippen LogP contribution in [0.2, 0.25) is 0 Å². The molecule has 1 heterocycles. The fourth-order valence-corrected chi connectivity index (χ4v) is 3.12. The predicted octanol–water partition coefficient (Wildman–Crippen LogP) is 2.42. The Morgan fingerprint density at radius 1 is 1.14 bits per heavy atom. The topological polar surface area (TPSA) is 124 Å². The van der Waals surface area contributed by atoms with Crippen LogP contribution in [0.1, 0.15) is 40.7 Å². The minimum absolute atomic E-state index is 0.120. The van der Waals surface area contributed by atoms with E-state index in [0.29, 0.717) is 22.8 Å². The fraction of sp³-hybridized carbons (Fsp3) is 0.350. The van der Waals surface area contributed by atoms with Crippen molar-refractivity contribution in [3.05, 3.63) is 46.8 Å². The van der Waals surface area contributed by atoms with Gasteiger partial charge in [0, 0.05) is 29.1 Å². The Balaban J connectivity index is 1.88. The van der Waals surface area contributed by atoms with Crippen LogP contribution >= 0.6 is 11.8 Å². The monoisotopic (exact) mass is 416 g/mol. The summed E-state index contributed by atoms with van der Waals surface area (Å²) in [4.78, 5) is 44.2. The predicted molar refractivity (Wildman–Crippen MR) is 111 cm³/mol. The second kappa shape index (κ2) is 10.0. The van der Waals surface area contributed by atoms with Gasteiger partial charge in [0.2, 0.25) is 5.91 Å². The van der Waals surface area contributed by atoms with Crippen LogP contribution in [-0.4, -0.2) is 40.1 Å². The molecule has 29 heavy (non-hydrogen) atoms. The number of carbonyl (C=O) groups excluding carboxylic acids is 3. The number of nitrogens with one attached hydrogen (secondary N) is 1. The molecule has 0 aliphatic carbocycles. The Bertz CT molecular complexity index is 892. The van der Waals surface area contributed by atoms with E-state index in [1.807, 2.05) is 20.1 Å². The van der Waals surface area contributed by atoms with E-state index >= 15 is 0 Å². The van der Waals surface area contributed by atoms with Gasteiger partial charge in [0.1, 0.15) is 0 Å². The number of benzene rings is 1. The van der Waals surface area contributed by atoms with Gasteiger partial charge in [-0.1, -0.05) is 11.8 Å². The zero-order valence-electron chi connectivity index (χ0n) is 16.8. The molecule has 154 valence electrons. The van der Waals surface area contributed by atoms with Crippen LogP contribution in [0, 0.1) is 13.8 Å². The number of thioether (sulfide) groups is 1. The van der Waals surface area contributed by atoms with E-state index in [9.17, 15) is 14.4 Å². The van der Waals surface area contributed by atoms with Gasteiger partial charge in [0.05, 0.1) is 0 Å². The van der Waals surface area contributed by atoms with E-state index in [1.54, 1.807) is 12.1 Å². The van der Waals surface area contributed by atoms with Gasteiger partial charge in [-0.15, -0.1) is 0 Å². The van der Waals surface area contributed by atoms with Gasteiger partial charge in [-0.05, 0) is 63.3 Å². The molecule has 0 unspecified atom stereocenters. The number of nitrogens with two attached hydrogens (primary N) is 1. The smallest absolute Gasteiger partial charge is 0.306 e. The highest BCUT2D eigenvalue weighted by Crippen LogP contribution is 2.17. The van der Waals surface area contributed by atoms with Crippen LogP contribution in [0.15, 0.2) is 29.4 Å². The number of rotatable bonds is 8. The summed E-state index contributed by atoms with van der Waals surface area (Å²) in [6.07, 6.45) is 1.50. The standard InChI is InChI=1S/C20H24N4O4S/c1-11-16(12(2)23-20(22-11)29-4)9-10-17(25)28-13(3)19(27)24-15-7-5-14(6-8-15)18(21)26/h5-8,13H,9-10H2,1-4H3,(H2,21,26)(H,24,27)/t13-/m1/s1. The number of anilines is 1. The molecule has 0 saturated heterocycles. The SMILES string of the molecule is CSc1nc(C)c(CCC(=O)O[C@H](C)C(=O)Nc2ccc(C(N)=O)cc2)c(C)n1. The average molecular weight is 417 g/mol. The summed E-state index contributed by atoms with van der Waals surface area (Å²) in [6.45, 7) is 5.27. The van der Waals surface area contributed by atoms with Crippen LogP contribution in [-0.2, 0) is 20.7 Å². The van der Waals surface area contributed by atoms with Crippen LogP contribution < -0.4 is 11.1 Å². The van der Waals surface area contributed by atoms with Gasteiger partial charge >= 0.3 is 5.97 Å². The number of hydrogen-bond donors (Lipinski definition) is 2. The molecule has 8 nitrogen and oxygen atoms in total. The van der Waals surface area contributed by atoms with Gasteiger partial charge in [-0.25, -0.2) is 9.97 Å². The first-order chi connectivity index (χ1) is 13.7. The van der Waals surface area contributed by atoms with Crippen molar-refractivity contribution in [2.45, 2.75) is 44.9 Å². The third-order valence-corrected chi connectivity index (χ3v) is 4.82. The molecular weight excluding hydrogens is 392 g/mol. The van der Waals surface area contributed by atoms with E-state index in [0.717, 1.165) is 17.0 Å². The number of esters is 1. The van der Waals surface area contributed by atoms with Crippen LogP contribution in [0.3, 0.4) is 0 Å². The van der Waals surface area contributed by atoms with Gasteiger partial charge in [0.25, 0.3) is 5.91 Å². The van der Waals surface area contributed by atoms with Gasteiger partial charge in [-0.3, -0.25) is 14.4 Å². The maximum absolute atomic E-state index is 12.2. The highest BCUT2D eigenvalue weighted by molar-refractivity contribution is 7.98. The molecule has 0 bridgehead atoms. The van der Waals surface area contributed by atoms with E-state index in [1.165, 1.54) is 30.8 Å². The Kier molecular flexibility index (Phi) is 7.72. The maximum atomic E-state index is 12.2. The lowest BCUT2D eigenvalue weighted by Gasteiger charge is -2.14. The summed E-state index contributed by atoms with van der Waals surface area (Å²) in [7, 11) is 0. The Morgan fingerprint density at radius 2 is 1.72 bits per heavy atom. The van der Waals surface area contributed by atoms with Crippen molar-refractivity contribution < 1.29 is 19.1 Å². The van der Waals surface area contributed by atoms with Crippen molar-refractivity contribution in [1.29, 1.82) is 0 Å². The molecule has 9 heteroatoms. The summed E-state index contributed by atoms with van der Waals surface area (Å²) in [5, 5.41) is 3.32. The highest BCUT2D eigenvalue weighted by atomic mass is 32.2. The molecule has 2 amide bonds. The van der Waals surface area contributed by atoms with Crippen molar-refractivity contribution in [2.24, 2.45) is 5.73 Å². The molecule has 1 aromatic carbocycles. The van der Waals surface area contributed by atoms with E-state index in [4.69, 9.17) is 10.5 Å². The molecule has 1 aromatic heterocycles. The second-order valence-corrected chi connectivity index (χ2v) is 7.20. The van der Waals surface area contributed by atoms with Crippen LogP contribution in [0.4, 0.5) is 5.69 Å². The Labute approximate surface area is 173 Å². The molecule has 0 fully saturated rings. The third-order valence-electron chi connectivity index (χ3n) is 4.28. The average Bonchev–Trinajstić information content (AvgIpc) is 2.67. The normalized spacial score (nSPS) is 11.6. The largest absolute Gasteiger partial charge is 0.453 e. The summed E-state index contributed by atoms with van der Waals surface area (Å²) in [5.74, 6) is -1.50. The van der Waals surface area contributed by atoms with E-state index < -0.39 is 23.9 Å². The first-order valence-electron chi connectivity index (χ1n) is 8.99. The molecule has 1 atom stereocenters. The first kappa shape index (κ1) is 22.4. The number of amides is 2. The molecule has 2 rings (SSSR count). The van der Waals surface area contributed by atoms with Gasteiger partial charge in [-0.2, -0.15) is 0 Å². The van der Waals surface area contributed by atoms with Crippen LogP contribution in [0.5, 0.6) is 0 Å². The lowest BCUT2D eigenvalue weighted by Crippen LogP contribution is -2.30. The van der Waals surface area contributed by atoms with Crippen molar-refractivity contribution >= 4 is 35.2 Å². The van der Waals surface area contributed by atoms with Gasteiger partial charge in [0.15, 0.2) is 11.3 Å². The highest BCUT2D eigenvalue weighted by Gasteiger charge is 2.19. The van der Waals surface area contributed by atoms with Crippen molar-refractivity contribution in [3.63, 3.8) is 0 Å². The van der Waals surface area contributed by atoms with Crippen molar-refractivity contribution in [3.8, 4) is 0 Å². The van der Waals surface area contributed by atoms with Crippen molar-refractivity contribution in [2.75, 3.05) is 11.6 Å². The molecule has 0 radical (unpaired) electrons. The molecule has 0 aliphatic rings. The summed E-state index contributed by atoms with van der Waals surface area (Å²) in [5.41, 5.74) is 8.56. The minimum atomic E-state index is -0.962. The van der Waals surface area contributed by atoms with Crippen LogP contribution in [0.25, 0.3) is 0 Å². The van der Waals surface area contributed by atoms with E-state index in [2.05, 4.69) is 15.3 Å². The summed E-state index contributed by atoms with van der Waals surface area (Å²) >= 11 is 1.46. The number of primary amides is 1. The lowest BCUT2D eigenvalue weighted by molar-refractivity contribution is -0.153. The molecular formula is C20H24N4O4S. The quantitative estimate of drug-likeness (QED) is 0.385. The Morgan fingerprint density at radius 3 is 2.24 bits per heavy atom. The number of ether oxygens (including phenoxy) is 1. The van der Waals surface area contributed by atoms with Gasteiger partial charge < -0.3 is 15.8 Å². The fourth-order valence-electron chi connectivity index (χ4n) is 2.66. The second-order valence-electron chi connectivity index (χ2n) is 6.42. The maximum Gasteiger partial charge on any atom is 0.306 e. The molecule has 3 N–H and O–H groups in total. The number of hydrogen-bond acceptors (Lipinski definition) is 7. The molecule has 0 aliphatic heterocycles. The zero-order valence-corrected chi connectivity index (χ0v) is 17.6. The number of aromatic nitrogens is 2. The first-order valence-corrected chi connectivity index (χ1v) is 10.2. The summed E-state index contributed by atoms with van der Waals surface area (Å²) < 4.78 is 5.22. The number of aryl methyl sites for hydroxylation is 2. The lowest BCUT2D eigenvalue weighted by atomic mass is 10.1. The third kappa shape index (κ3) is 6.28. The number of nitrogens with zero attached hydrogens (tertiary/aromatic N) is 2. The summed E-state index contributed by atoms with van der Waals surface area (Å²) in [6, 6.07) is 6.11. The minimum Gasteiger partial charge on any atom is -0.453 e. The zero-order chi connectivity index (χ0) is 21.6. The van der Waals surface area contributed by atoms with Crippen molar-refractivity contribution in [1.82, 2.24) is 9.97 Å². The Hall–Kier alpha value is -2.94. The number of carbonyl (C=O) groups is 3. The van der Waals surface area contributed by atoms with E-state index in [-0.39, 0.29) is 6.42 Å². The molecule has 0 saturated carbocycles. The molecule has 2 aromatic rings. The molecule has 0 spiro atoms.